The lowest BCUT2D eigenvalue weighted by molar-refractivity contribution is -0.141. The number of rotatable bonds is 8. The first-order chi connectivity index (χ1) is 12.7. The van der Waals surface area contributed by atoms with Gasteiger partial charge in [-0.3, -0.25) is 0 Å². The van der Waals surface area contributed by atoms with E-state index in [1.807, 2.05) is 0 Å². The van der Waals surface area contributed by atoms with Crippen LogP contribution in [0.5, 0.6) is 0 Å². The van der Waals surface area contributed by atoms with Gasteiger partial charge in [0.1, 0.15) is 5.60 Å². The van der Waals surface area contributed by atoms with E-state index in [0.717, 1.165) is 12.8 Å². The van der Waals surface area contributed by atoms with E-state index in [0.29, 0.717) is 22.5 Å². The first-order valence-corrected chi connectivity index (χ1v) is 13.9. The van der Waals surface area contributed by atoms with Crippen molar-refractivity contribution in [2.75, 3.05) is 0 Å². The Labute approximate surface area is 169 Å². The van der Waals surface area contributed by atoms with E-state index in [2.05, 4.69) is 60.6 Å². The third-order valence-electron chi connectivity index (χ3n) is 8.10. The summed E-state index contributed by atoms with van der Waals surface area (Å²) in [5.41, 5.74) is 1.79. The Morgan fingerprint density at radius 3 is 2.33 bits per heavy atom. The molecule has 156 valence electrons. The van der Waals surface area contributed by atoms with E-state index in [1.54, 1.807) is 0 Å². The highest BCUT2D eigenvalue weighted by molar-refractivity contribution is 6.77. The number of hydrogen-bond donors (Lipinski definition) is 0. The van der Waals surface area contributed by atoms with E-state index in [9.17, 15) is 0 Å². The minimum atomic E-state index is -1.91. The van der Waals surface area contributed by atoms with E-state index < -0.39 is 8.32 Å². The molecule has 0 amide bonds. The standard InChI is InChI=1S/C24H44O2Si/c1-8-9-14-23-16-13-21-12-10-11-15-24(21,26-23)17-22(23)25-27(18(2)3,19(4)5)20(6)7/h13,16,18-22H,8-12,14-15,17H2,1-7H3/t21-,22-,23+,24+/m1/s1. The van der Waals surface area contributed by atoms with Crippen molar-refractivity contribution in [1.82, 2.24) is 0 Å². The van der Waals surface area contributed by atoms with E-state index in [-0.39, 0.29) is 17.3 Å². The van der Waals surface area contributed by atoms with Gasteiger partial charge in [-0.05, 0) is 35.9 Å². The van der Waals surface area contributed by atoms with Gasteiger partial charge in [-0.15, -0.1) is 0 Å². The van der Waals surface area contributed by atoms with Crippen LogP contribution in [-0.2, 0) is 9.16 Å². The zero-order valence-corrected chi connectivity index (χ0v) is 20.0. The van der Waals surface area contributed by atoms with Crippen LogP contribution in [-0.4, -0.2) is 25.6 Å². The molecule has 2 fully saturated rings. The molecule has 0 N–H and O–H groups in total. The second-order valence-corrected chi connectivity index (χ2v) is 16.0. The molecule has 0 unspecified atom stereocenters. The van der Waals surface area contributed by atoms with Crippen LogP contribution in [0.15, 0.2) is 12.2 Å². The van der Waals surface area contributed by atoms with Crippen LogP contribution in [0.25, 0.3) is 0 Å². The van der Waals surface area contributed by atoms with Crippen LogP contribution in [0.4, 0.5) is 0 Å². The molecule has 3 aliphatic rings. The van der Waals surface area contributed by atoms with Crippen LogP contribution in [0.3, 0.4) is 0 Å². The Balaban J connectivity index is 1.97. The minimum Gasteiger partial charge on any atom is -0.410 e. The van der Waals surface area contributed by atoms with Gasteiger partial charge in [0.25, 0.3) is 0 Å². The Hall–Kier alpha value is -0.123. The number of hydrogen-bond acceptors (Lipinski definition) is 2. The molecule has 2 aliphatic heterocycles. The molecule has 1 aliphatic carbocycles. The molecular formula is C24H44O2Si. The predicted octanol–water partition coefficient (Wildman–Crippen LogP) is 7.40. The lowest BCUT2D eigenvalue weighted by Gasteiger charge is -2.47. The number of ether oxygens (including phenoxy) is 1. The van der Waals surface area contributed by atoms with Crippen molar-refractivity contribution in [2.24, 2.45) is 5.92 Å². The molecule has 0 radical (unpaired) electrons. The molecule has 0 aromatic heterocycles. The lowest BCUT2D eigenvalue weighted by atomic mass is 9.74. The van der Waals surface area contributed by atoms with Gasteiger partial charge in [0, 0.05) is 12.3 Å². The SMILES string of the molecule is CCCC[C@]12C=C[C@H]3CCCC[C@@]3(C[C@H]1O[Si](C(C)C)(C(C)C)C(C)C)O2. The summed E-state index contributed by atoms with van der Waals surface area (Å²) < 4.78 is 14.5. The maximum absolute atomic E-state index is 7.40. The summed E-state index contributed by atoms with van der Waals surface area (Å²) >= 11 is 0. The zero-order chi connectivity index (χ0) is 19.9. The summed E-state index contributed by atoms with van der Waals surface area (Å²) in [5, 5.41) is 0. The predicted molar refractivity (Wildman–Crippen MR) is 118 cm³/mol. The van der Waals surface area contributed by atoms with Crippen molar-refractivity contribution in [3.63, 3.8) is 0 Å². The zero-order valence-electron chi connectivity index (χ0n) is 19.0. The van der Waals surface area contributed by atoms with Gasteiger partial charge in [0.05, 0.1) is 11.7 Å². The second kappa shape index (κ2) is 7.95. The summed E-state index contributed by atoms with van der Waals surface area (Å²) in [4.78, 5) is 0. The van der Waals surface area contributed by atoms with Gasteiger partial charge in [0.2, 0.25) is 8.32 Å². The van der Waals surface area contributed by atoms with Crippen molar-refractivity contribution in [2.45, 2.75) is 134 Å². The van der Waals surface area contributed by atoms with Gasteiger partial charge < -0.3 is 9.16 Å². The van der Waals surface area contributed by atoms with Crippen molar-refractivity contribution < 1.29 is 9.16 Å². The van der Waals surface area contributed by atoms with Crippen LogP contribution in [0, 0.1) is 5.92 Å². The topological polar surface area (TPSA) is 18.5 Å². The van der Waals surface area contributed by atoms with E-state index >= 15 is 0 Å². The van der Waals surface area contributed by atoms with Crippen LogP contribution < -0.4 is 0 Å². The fourth-order valence-electron chi connectivity index (χ4n) is 6.83. The van der Waals surface area contributed by atoms with Crippen LogP contribution >= 0.6 is 0 Å². The Morgan fingerprint density at radius 2 is 1.74 bits per heavy atom. The lowest BCUT2D eigenvalue weighted by Crippen LogP contribution is -2.54. The second-order valence-electron chi connectivity index (χ2n) is 10.6. The van der Waals surface area contributed by atoms with Gasteiger partial charge in [-0.1, -0.05) is 86.3 Å². The summed E-state index contributed by atoms with van der Waals surface area (Å²) in [6.07, 6.45) is 15.1. The van der Waals surface area contributed by atoms with Crippen LogP contribution in [0.2, 0.25) is 16.6 Å². The summed E-state index contributed by atoms with van der Waals surface area (Å²) in [6.45, 7) is 16.7. The van der Waals surface area contributed by atoms with E-state index in [1.165, 1.54) is 38.5 Å². The fourth-order valence-corrected chi connectivity index (χ4v) is 12.4. The minimum absolute atomic E-state index is 0.0660. The molecule has 0 aromatic rings. The number of unbranched alkanes of at least 4 members (excludes halogenated alkanes) is 1. The molecule has 1 saturated carbocycles. The molecular weight excluding hydrogens is 348 g/mol. The average Bonchev–Trinajstić information content (AvgIpc) is 2.84. The largest absolute Gasteiger partial charge is 0.410 e. The highest BCUT2D eigenvalue weighted by atomic mass is 28.4. The summed E-state index contributed by atoms with van der Waals surface area (Å²) in [7, 11) is -1.91. The quantitative estimate of drug-likeness (QED) is 0.316. The van der Waals surface area contributed by atoms with Crippen molar-refractivity contribution >= 4 is 8.32 Å². The molecule has 4 atom stereocenters. The van der Waals surface area contributed by atoms with Crippen molar-refractivity contribution in [3.05, 3.63) is 12.2 Å². The smallest absolute Gasteiger partial charge is 0.200 e. The highest BCUT2D eigenvalue weighted by Gasteiger charge is 2.62. The van der Waals surface area contributed by atoms with Gasteiger partial charge >= 0.3 is 0 Å². The molecule has 1 spiro atoms. The summed E-state index contributed by atoms with van der Waals surface area (Å²) in [6, 6.07) is 0. The molecule has 1 saturated heterocycles. The van der Waals surface area contributed by atoms with E-state index in [4.69, 9.17) is 9.16 Å². The fraction of sp³-hybridized carbons (Fsp3) is 0.917. The maximum Gasteiger partial charge on any atom is 0.200 e. The van der Waals surface area contributed by atoms with Gasteiger partial charge in [-0.2, -0.15) is 0 Å². The number of fused-ring (bicyclic) bond motifs is 1. The molecule has 2 heterocycles. The third-order valence-corrected chi connectivity index (χ3v) is 14.2. The average molecular weight is 393 g/mol. The molecule has 27 heavy (non-hydrogen) atoms. The third kappa shape index (κ3) is 3.50. The van der Waals surface area contributed by atoms with Gasteiger partial charge in [-0.25, -0.2) is 0 Å². The monoisotopic (exact) mass is 392 g/mol. The highest BCUT2D eigenvalue weighted by Crippen LogP contribution is 2.57. The molecule has 3 rings (SSSR count). The van der Waals surface area contributed by atoms with Crippen molar-refractivity contribution in [3.8, 4) is 0 Å². The first kappa shape index (κ1) is 21.6. The Morgan fingerprint density at radius 1 is 1.07 bits per heavy atom. The van der Waals surface area contributed by atoms with Gasteiger partial charge in [0.15, 0.2) is 0 Å². The Kier molecular flexibility index (Phi) is 6.36. The molecule has 3 heteroatoms. The van der Waals surface area contributed by atoms with Crippen LogP contribution in [0.1, 0.15) is 99.8 Å². The normalized spacial score (nSPS) is 36.1. The Bertz CT molecular complexity index is 519. The summed E-state index contributed by atoms with van der Waals surface area (Å²) in [5.74, 6) is 0.614. The first-order valence-electron chi connectivity index (χ1n) is 11.8. The maximum atomic E-state index is 7.40. The molecule has 2 nitrogen and oxygen atoms in total. The van der Waals surface area contributed by atoms with Crippen molar-refractivity contribution in [1.29, 1.82) is 0 Å². The molecule has 2 bridgehead atoms. The molecule has 0 aromatic carbocycles.